The van der Waals surface area contributed by atoms with E-state index in [1.807, 2.05) is 17.0 Å². The smallest absolute Gasteiger partial charge is 0.254 e. The molecule has 6 heteroatoms. The lowest BCUT2D eigenvalue weighted by molar-refractivity contribution is -0.00771. The molecule has 0 N–H and O–H groups in total. The van der Waals surface area contributed by atoms with Crippen molar-refractivity contribution in [3.05, 3.63) is 54.6 Å². The number of pyridine rings is 2. The highest BCUT2D eigenvalue weighted by Crippen LogP contribution is 2.40. The van der Waals surface area contributed by atoms with Crippen molar-refractivity contribution in [1.29, 1.82) is 0 Å². The molecule has 4 rings (SSSR count). The van der Waals surface area contributed by atoms with Crippen LogP contribution >= 0.6 is 0 Å². The summed E-state index contributed by atoms with van der Waals surface area (Å²) in [5.41, 5.74) is 0.813. The molecule has 2 fully saturated rings. The van der Waals surface area contributed by atoms with Crippen molar-refractivity contribution in [2.45, 2.75) is 12.0 Å². The second-order valence-electron chi connectivity index (χ2n) is 7.07. The second-order valence-corrected chi connectivity index (χ2v) is 7.07. The molecule has 4 heterocycles. The Morgan fingerprint density at radius 3 is 2.76 bits per heavy atom. The average molecular weight is 338 g/mol. The van der Waals surface area contributed by atoms with Crippen LogP contribution in [0.5, 0.6) is 5.75 Å². The summed E-state index contributed by atoms with van der Waals surface area (Å²) >= 11 is 0. The number of rotatable bonds is 4. The average Bonchev–Trinajstić information content (AvgIpc) is 2.96. The molecule has 0 unspecified atom stereocenters. The van der Waals surface area contributed by atoms with Gasteiger partial charge in [-0.2, -0.15) is 0 Å². The van der Waals surface area contributed by atoms with Crippen LogP contribution in [0.3, 0.4) is 0 Å². The summed E-state index contributed by atoms with van der Waals surface area (Å²) in [6, 6.07) is 7.36. The third kappa shape index (κ3) is 3.09. The molecule has 0 aromatic carbocycles. The molecule has 0 saturated carbocycles. The minimum atomic E-state index is 0.0940. The maximum atomic E-state index is 12.5. The lowest BCUT2D eigenvalue weighted by atomic mass is 9.84. The van der Waals surface area contributed by atoms with Crippen LogP contribution < -0.4 is 4.74 Å². The molecule has 2 saturated heterocycles. The van der Waals surface area contributed by atoms with Gasteiger partial charge < -0.3 is 9.64 Å². The van der Waals surface area contributed by atoms with Crippen molar-refractivity contribution in [2.24, 2.45) is 5.92 Å². The Bertz CT molecular complexity index is 732. The predicted molar refractivity (Wildman–Crippen MR) is 93.3 cm³/mol. The Hall–Kier alpha value is -2.47. The second kappa shape index (κ2) is 6.44. The molecule has 2 aromatic heterocycles. The Morgan fingerprint density at radius 2 is 2.04 bits per heavy atom. The maximum absolute atomic E-state index is 12.5. The van der Waals surface area contributed by atoms with E-state index >= 15 is 0 Å². The number of likely N-dealkylation sites (N-methyl/N-ethyl adjacent to an activating group) is 1. The first-order valence-corrected chi connectivity index (χ1v) is 8.60. The summed E-state index contributed by atoms with van der Waals surface area (Å²) < 4.78 is 5.87. The van der Waals surface area contributed by atoms with Crippen molar-refractivity contribution < 1.29 is 9.53 Å². The number of ether oxygens (including phenoxy) is 1. The van der Waals surface area contributed by atoms with E-state index in [9.17, 15) is 4.79 Å². The van der Waals surface area contributed by atoms with Crippen molar-refractivity contribution in [1.82, 2.24) is 19.8 Å². The first-order valence-electron chi connectivity index (χ1n) is 8.60. The molecule has 2 aliphatic rings. The monoisotopic (exact) mass is 338 g/mol. The zero-order valence-electron chi connectivity index (χ0n) is 14.3. The van der Waals surface area contributed by atoms with Crippen LogP contribution in [-0.2, 0) is 0 Å². The van der Waals surface area contributed by atoms with E-state index in [0.29, 0.717) is 18.1 Å². The fraction of sp³-hybridized carbons (Fsp3) is 0.421. The maximum Gasteiger partial charge on any atom is 0.254 e. The highest BCUT2D eigenvalue weighted by Gasteiger charge is 2.53. The largest absolute Gasteiger partial charge is 0.492 e. The summed E-state index contributed by atoms with van der Waals surface area (Å²) in [4.78, 5) is 24.9. The molecule has 130 valence electrons. The SMILES string of the molecule is CN1C[C@H](COc2cccnc2)CC12CN(C(=O)c1ccncc1)C2. The number of hydrogen-bond acceptors (Lipinski definition) is 5. The van der Waals surface area contributed by atoms with Crippen LogP contribution in [0.4, 0.5) is 0 Å². The molecule has 2 aromatic rings. The van der Waals surface area contributed by atoms with Gasteiger partial charge in [0.05, 0.1) is 18.3 Å². The summed E-state index contributed by atoms with van der Waals surface area (Å²) in [6.45, 7) is 3.26. The normalized spacial score (nSPS) is 22.0. The topological polar surface area (TPSA) is 58.6 Å². The predicted octanol–water partition coefficient (Wildman–Crippen LogP) is 1.70. The molecule has 0 bridgehead atoms. The quantitative estimate of drug-likeness (QED) is 0.849. The fourth-order valence-electron chi connectivity index (χ4n) is 3.95. The van der Waals surface area contributed by atoms with Crippen molar-refractivity contribution in [3.8, 4) is 5.75 Å². The zero-order chi connectivity index (χ0) is 17.3. The van der Waals surface area contributed by atoms with E-state index in [1.165, 1.54) is 0 Å². The van der Waals surface area contributed by atoms with Gasteiger partial charge in [-0.25, -0.2) is 0 Å². The molecular formula is C19H22N4O2. The highest BCUT2D eigenvalue weighted by molar-refractivity contribution is 5.94. The molecular weight excluding hydrogens is 316 g/mol. The zero-order valence-corrected chi connectivity index (χ0v) is 14.3. The number of carbonyl (C=O) groups is 1. The van der Waals surface area contributed by atoms with E-state index in [-0.39, 0.29) is 11.4 Å². The summed E-state index contributed by atoms with van der Waals surface area (Å²) in [5.74, 6) is 1.38. The van der Waals surface area contributed by atoms with Gasteiger partial charge in [0.15, 0.2) is 0 Å². The molecule has 1 atom stereocenters. The van der Waals surface area contributed by atoms with Crippen LogP contribution in [0.2, 0.25) is 0 Å². The molecule has 1 amide bonds. The standard InChI is InChI=1S/C19H22N4O2/c1-22-11-15(12-25-17-3-2-6-21-10-17)9-19(22)13-23(14-19)18(24)16-4-7-20-8-5-16/h2-8,10,15H,9,11-14H2,1H3/t15-/m1/s1. The van der Waals surface area contributed by atoms with Gasteiger partial charge in [-0.1, -0.05) is 0 Å². The van der Waals surface area contributed by atoms with Gasteiger partial charge in [-0.3, -0.25) is 19.7 Å². The Labute approximate surface area is 147 Å². The summed E-state index contributed by atoms with van der Waals surface area (Å²) in [7, 11) is 2.15. The number of hydrogen-bond donors (Lipinski definition) is 0. The van der Waals surface area contributed by atoms with Gasteiger partial charge in [0, 0.05) is 49.7 Å². The number of nitrogens with zero attached hydrogens (tertiary/aromatic N) is 4. The molecule has 0 aliphatic carbocycles. The number of carbonyl (C=O) groups excluding carboxylic acids is 1. The van der Waals surface area contributed by atoms with Crippen LogP contribution in [0, 0.1) is 5.92 Å². The molecule has 0 radical (unpaired) electrons. The van der Waals surface area contributed by atoms with E-state index in [0.717, 1.165) is 31.8 Å². The first kappa shape index (κ1) is 16.0. The van der Waals surface area contributed by atoms with Gasteiger partial charge in [-0.05, 0) is 37.7 Å². The lowest BCUT2D eigenvalue weighted by Gasteiger charge is -2.52. The molecule has 6 nitrogen and oxygen atoms in total. The van der Waals surface area contributed by atoms with E-state index in [2.05, 4.69) is 21.9 Å². The van der Waals surface area contributed by atoms with Crippen LogP contribution in [0.25, 0.3) is 0 Å². The Morgan fingerprint density at radius 1 is 1.24 bits per heavy atom. The summed E-state index contributed by atoms with van der Waals surface area (Å²) in [5, 5.41) is 0. The minimum Gasteiger partial charge on any atom is -0.492 e. The van der Waals surface area contributed by atoms with Crippen LogP contribution in [-0.4, -0.2) is 64.5 Å². The van der Waals surface area contributed by atoms with E-state index < -0.39 is 0 Å². The van der Waals surface area contributed by atoms with Crippen molar-refractivity contribution in [3.63, 3.8) is 0 Å². The number of amides is 1. The first-order chi connectivity index (χ1) is 12.2. The highest BCUT2D eigenvalue weighted by atomic mass is 16.5. The minimum absolute atomic E-state index is 0.0940. The van der Waals surface area contributed by atoms with Gasteiger partial charge >= 0.3 is 0 Å². The van der Waals surface area contributed by atoms with Crippen molar-refractivity contribution >= 4 is 5.91 Å². The van der Waals surface area contributed by atoms with E-state index in [4.69, 9.17) is 4.74 Å². The van der Waals surface area contributed by atoms with Gasteiger partial charge in [0.2, 0.25) is 0 Å². The van der Waals surface area contributed by atoms with Gasteiger partial charge in [0.25, 0.3) is 5.91 Å². The third-order valence-electron chi connectivity index (χ3n) is 5.32. The number of likely N-dealkylation sites (tertiary alicyclic amines) is 2. The molecule has 25 heavy (non-hydrogen) atoms. The molecule has 1 spiro atoms. The lowest BCUT2D eigenvalue weighted by Crippen LogP contribution is -2.68. The van der Waals surface area contributed by atoms with Gasteiger partial charge in [0.1, 0.15) is 5.75 Å². The van der Waals surface area contributed by atoms with Crippen molar-refractivity contribution in [2.75, 3.05) is 33.3 Å². The Kier molecular flexibility index (Phi) is 4.13. The number of aromatic nitrogens is 2. The van der Waals surface area contributed by atoms with Crippen LogP contribution in [0.1, 0.15) is 16.8 Å². The Balaban J connectivity index is 1.33. The molecule has 2 aliphatic heterocycles. The summed E-state index contributed by atoms with van der Waals surface area (Å²) in [6.07, 6.45) is 7.87. The van der Waals surface area contributed by atoms with Crippen LogP contribution in [0.15, 0.2) is 49.1 Å². The third-order valence-corrected chi connectivity index (χ3v) is 5.32. The fourth-order valence-corrected chi connectivity index (χ4v) is 3.95. The van der Waals surface area contributed by atoms with E-state index in [1.54, 1.807) is 36.9 Å². The van der Waals surface area contributed by atoms with Gasteiger partial charge in [-0.15, -0.1) is 0 Å².